The Kier molecular flexibility index (Phi) is 5.45. The van der Waals surface area contributed by atoms with Crippen molar-refractivity contribution in [2.24, 2.45) is 0 Å². The van der Waals surface area contributed by atoms with Crippen LogP contribution in [0.5, 0.6) is 0 Å². The molecule has 0 spiro atoms. The van der Waals surface area contributed by atoms with Crippen molar-refractivity contribution in [3.8, 4) is 0 Å². The summed E-state index contributed by atoms with van der Waals surface area (Å²) in [5.41, 5.74) is 3.87. The molecule has 4 rings (SSSR count). The van der Waals surface area contributed by atoms with E-state index in [2.05, 4.69) is 17.1 Å². The van der Waals surface area contributed by atoms with E-state index in [0.29, 0.717) is 5.69 Å². The van der Waals surface area contributed by atoms with Crippen molar-refractivity contribution in [1.29, 1.82) is 0 Å². The molecule has 0 radical (unpaired) electrons. The molecule has 2 heterocycles. The predicted molar refractivity (Wildman–Crippen MR) is 120 cm³/mol. The first kappa shape index (κ1) is 19.3. The highest BCUT2D eigenvalue weighted by atomic mass is 32.1. The normalized spacial score (nSPS) is 18.5. The number of benzene rings is 2. The number of aryl methyl sites for hydroxylation is 1. The molecule has 0 saturated carbocycles. The SMILES string of the molecule is CCc1ccc(N2C(=O)/C(=C/c3ccc(N4CCCC4)cc3)C(=O)NC2=S)cc1. The van der Waals surface area contributed by atoms with Gasteiger partial charge in [0.15, 0.2) is 5.11 Å². The molecule has 0 aliphatic carbocycles. The zero-order valence-electron chi connectivity index (χ0n) is 16.4. The third kappa shape index (κ3) is 3.93. The van der Waals surface area contributed by atoms with Gasteiger partial charge in [-0.3, -0.25) is 19.8 Å². The Morgan fingerprint density at radius 2 is 1.59 bits per heavy atom. The molecule has 2 aliphatic heterocycles. The first-order valence-corrected chi connectivity index (χ1v) is 10.3. The summed E-state index contributed by atoms with van der Waals surface area (Å²) in [4.78, 5) is 29.3. The minimum absolute atomic E-state index is 0.0760. The molecule has 5 nitrogen and oxygen atoms in total. The molecule has 2 saturated heterocycles. The summed E-state index contributed by atoms with van der Waals surface area (Å²) < 4.78 is 0. The fourth-order valence-electron chi connectivity index (χ4n) is 3.70. The van der Waals surface area contributed by atoms with Gasteiger partial charge in [0.05, 0.1) is 5.69 Å². The zero-order valence-corrected chi connectivity index (χ0v) is 17.2. The van der Waals surface area contributed by atoms with Crippen LogP contribution in [0.1, 0.15) is 30.9 Å². The Morgan fingerprint density at radius 1 is 0.966 bits per heavy atom. The lowest BCUT2D eigenvalue weighted by atomic mass is 10.1. The van der Waals surface area contributed by atoms with Gasteiger partial charge in [0.1, 0.15) is 5.57 Å². The summed E-state index contributed by atoms with van der Waals surface area (Å²) >= 11 is 5.26. The second kappa shape index (κ2) is 8.17. The molecule has 2 fully saturated rings. The summed E-state index contributed by atoms with van der Waals surface area (Å²) in [6, 6.07) is 15.6. The van der Waals surface area contributed by atoms with Gasteiger partial charge in [-0.15, -0.1) is 0 Å². The fourth-order valence-corrected chi connectivity index (χ4v) is 3.98. The number of thiocarbonyl (C=S) groups is 1. The Morgan fingerprint density at radius 3 is 2.21 bits per heavy atom. The van der Waals surface area contributed by atoms with Crippen LogP contribution >= 0.6 is 12.2 Å². The molecule has 148 valence electrons. The molecular weight excluding hydrogens is 382 g/mol. The number of hydrogen-bond donors (Lipinski definition) is 1. The van der Waals surface area contributed by atoms with Crippen LogP contribution in [-0.2, 0) is 16.0 Å². The largest absolute Gasteiger partial charge is 0.372 e. The fraction of sp³-hybridized carbons (Fsp3) is 0.261. The van der Waals surface area contributed by atoms with E-state index in [0.717, 1.165) is 25.1 Å². The molecule has 0 bridgehead atoms. The molecule has 0 atom stereocenters. The molecule has 1 N–H and O–H groups in total. The average Bonchev–Trinajstić information content (AvgIpc) is 3.27. The van der Waals surface area contributed by atoms with E-state index < -0.39 is 11.8 Å². The lowest BCUT2D eigenvalue weighted by Crippen LogP contribution is -2.54. The third-order valence-corrected chi connectivity index (χ3v) is 5.66. The van der Waals surface area contributed by atoms with Crippen molar-refractivity contribution in [3.05, 3.63) is 65.2 Å². The van der Waals surface area contributed by atoms with E-state index in [4.69, 9.17) is 12.2 Å². The quantitative estimate of drug-likeness (QED) is 0.479. The maximum absolute atomic E-state index is 13.1. The van der Waals surface area contributed by atoms with E-state index in [1.54, 1.807) is 6.08 Å². The predicted octanol–water partition coefficient (Wildman–Crippen LogP) is 3.68. The molecule has 2 aromatic rings. The Bertz CT molecular complexity index is 974. The van der Waals surface area contributed by atoms with E-state index in [1.165, 1.54) is 29.0 Å². The van der Waals surface area contributed by atoms with Crippen LogP contribution in [0.15, 0.2) is 54.1 Å². The Balaban J connectivity index is 1.60. The van der Waals surface area contributed by atoms with Gasteiger partial charge in [-0.05, 0) is 72.9 Å². The summed E-state index contributed by atoms with van der Waals surface area (Å²) in [6.45, 7) is 4.22. The third-order valence-electron chi connectivity index (χ3n) is 5.38. The molecule has 0 unspecified atom stereocenters. The molecule has 2 aliphatic rings. The van der Waals surface area contributed by atoms with Gasteiger partial charge < -0.3 is 4.90 Å². The Hall–Kier alpha value is -2.99. The lowest BCUT2D eigenvalue weighted by Gasteiger charge is -2.29. The molecule has 6 heteroatoms. The standard InChI is InChI=1S/C23H23N3O2S/c1-2-16-5-11-19(12-6-16)26-22(28)20(21(27)24-23(26)29)15-17-7-9-18(10-8-17)25-13-3-4-14-25/h5-12,15H,2-4,13-14H2,1H3,(H,24,27,29)/b20-15+. The van der Waals surface area contributed by atoms with Crippen LogP contribution in [-0.4, -0.2) is 30.0 Å². The second-order valence-corrected chi connectivity index (χ2v) is 7.65. The number of anilines is 2. The molecule has 2 aromatic carbocycles. The van der Waals surface area contributed by atoms with Crippen LogP contribution in [0, 0.1) is 0 Å². The van der Waals surface area contributed by atoms with Gasteiger partial charge in [0, 0.05) is 18.8 Å². The van der Waals surface area contributed by atoms with E-state index in [-0.39, 0.29) is 10.7 Å². The topological polar surface area (TPSA) is 52.7 Å². The van der Waals surface area contributed by atoms with Gasteiger partial charge in [-0.25, -0.2) is 0 Å². The van der Waals surface area contributed by atoms with Gasteiger partial charge in [0.25, 0.3) is 11.8 Å². The van der Waals surface area contributed by atoms with Gasteiger partial charge in [-0.1, -0.05) is 31.2 Å². The lowest BCUT2D eigenvalue weighted by molar-refractivity contribution is -0.122. The first-order chi connectivity index (χ1) is 14.1. The molecular formula is C23H23N3O2S. The van der Waals surface area contributed by atoms with Crippen LogP contribution in [0.25, 0.3) is 6.08 Å². The number of rotatable bonds is 4. The molecule has 0 aromatic heterocycles. The van der Waals surface area contributed by atoms with Crippen molar-refractivity contribution in [3.63, 3.8) is 0 Å². The minimum atomic E-state index is -0.468. The van der Waals surface area contributed by atoms with Crippen LogP contribution in [0.2, 0.25) is 0 Å². The minimum Gasteiger partial charge on any atom is -0.372 e. The van der Waals surface area contributed by atoms with Gasteiger partial charge >= 0.3 is 0 Å². The summed E-state index contributed by atoms with van der Waals surface area (Å²) in [5, 5.41) is 2.74. The zero-order chi connectivity index (χ0) is 20.4. The van der Waals surface area contributed by atoms with Crippen molar-refractivity contribution < 1.29 is 9.59 Å². The monoisotopic (exact) mass is 405 g/mol. The number of nitrogens with zero attached hydrogens (tertiary/aromatic N) is 2. The van der Waals surface area contributed by atoms with E-state index in [1.807, 2.05) is 48.5 Å². The number of amides is 2. The maximum Gasteiger partial charge on any atom is 0.270 e. The molecule has 29 heavy (non-hydrogen) atoms. The number of carbonyl (C=O) groups is 2. The summed E-state index contributed by atoms with van der Waals surface area (Å²) in [7, 11) is 0. The van der Waals surface area contributed by atoms with Crippen molar-refractivity contribution in [2.75, 3.05) is 22.9 Å². The highest BCUT2D eigenvalue weighted by molar-refractivity contribution is 7.80. The molecule has 2 amide bonds. The maximum atomic E-state index is 13.1. The first-order valence-electron chi connectivity index (χ1n) is 9.92. The smallest absolute Gasteiger partial charge is 0.270 e. The summed E-state index contributed by atoms with van der Waals surface area (Å²) in [6.07, 6.45) is 4.97. The second-order valence-electron chi connectivity index (χ2n) is 7.26. The van der Waals surface area contributed by atoms with E-state index >= 15 is 0 Å². The van der Waals surface area contributed by atoms with Gasteiger partial charge in [0.2, 0.25) is 0 Å². The van der Waals surface area contributed by atoms with E-state index in [9.17, 15) is 9.59 Å². The van der Waals surface area contributed by atoms with Crippen LogP contribution < -0.4 is 15.1 Å². The van der Waals surface area contributed by atoms with Crippen LogP contribution in [0.4, 0.5) is 11.4 Å². The Labute approximate surface area is 176 Å². The van der Waals surface area contributed by atoms with Gasteiger partial charge in [-0.2, -0.15) is 0 Å². The van der Waals surface area contributed by atoms with Crippen molar-refractivity contribution in [2.45, 2.75) is 26.2 Å². The highest BCUT2D eigenvalue weighted by Gasteiger charge is 2.34. The number of carbonyl (C=O) groups excluding carboxylic acids is 2. The number of hydrogen-bond acceptors (Lipinski definition) is 4. The summed E-state index contributed by atoms with van der Waals surface area (Å²) in [5.74, 6) is -0.878. The van der Waals surface area contributed by atoms with Crippen molar-refractivity contribution >= 4 is 46.6 Å². The van der Waals surface area contributed by atoms with Crippen molar-refractivity contribution in [1.82, 2.24) is 5.32 Å². The average molecular weight is 406 g/mol. The number of nitrogens with one attached hydrogen (secondary N) is 1. The van der Waals surface area contributed by atoms with Crippen LogP contribution in [0.3, 0.4) is 0 Å². The highest BCUT2D eigenvalue weighted by Crippen LogP contribution is 2.24.